The van der Waals surface area contributed by atoms with Gasteiger partial charge in [0.2, 0.25) is 0 Å². The molecule has 0 bridgehead atoms. The second-order valence-electron chi connectivity index (χ2n) is 4.67. The fraction of sp³-hybridized carbons (Fsp3) is 0.923. The fourth-order valence-corrected chi connectivity index (χ4v) is 2.18. The number of hydrogen-bond donors (Lipinski definition) is 0. The zero-order chi connectivity index (χ0) is 9.36. The Morgan fingerprint density at radius 1 is 0.769 bits per heavy atom. The maximum atomic E-state index is 2.51. The maximum Gasteiger partial charge on any atom is -0.0386 e. The summed E-state index contributed by atoms with van der Waals surface area (Å²) in [6.45, 7) is 2.42. The summed E-state index contributed by atoms with van der Waals surface area (Å²) in [6, 6.07) is 0. The Labute approximate surface area is 84.1 Å². The Hall–Kier alpha value is 0. The lowest BCUT2D eigenvalue weighted by molar-refractivity contribution is 0.443. The third kappa shape index (κ3) is 6.12. The summed E-state index contributed by atoms with van der Waals surface area (Å²) in [6.07, 6.45) is 16.9. The number of hydrogen-bond acceptors (Lipinski definition) is 0. The van der Waals surface area contributed by atoms with E-state index < -0.39 is 0 Å². The molecule has 0 heteroatoms. The van der Waals surface area contributed by atoms with Gasteiger partial charge in [-0.3, -0.25) is 0 Å². The molecule has 0 saturated heterocycles. The van der Waals surface area contributed by atoms with Crippen molar-refractivity contribution < 1.29 is 0 Å². The van der Waals surface area contributed by atoms with Crippen LogP contribution in [-0.4, -0.2) is 0 Å². The van der Waals surface area contributed by atoms with Crippen molar-refractivity contribution in [1.82, 2.24) is 0 Å². The standard InChI is InChI=1S/C13H25/c1-13-11-9-7-5-3-2-4-6-8-10-12-13/h7,13H,2-6,8-12H2,1H3. The van der Waals surface area contributed by atoms with Crippen LogP contribution in [0.25, 0.3) is 0 Å². The second-order valence-corrected chi connectivity index (χ2v) is 4.67. The van der Waals surface area contributed by atoms with Gasteiger partial charge in [-0.25, -0.2) is 0 Å². The largest absolute Gasteiger partial charge is 0.0625 e. The Morgan fingerprint density at radius 2 is 1.46 bits per heavy atom. The summed E-state index contributed by atoms with van der Waals surface area (Å²) in [5.41, 5.74) is 0. The molecule has 1 aliphatic rings. The van der Waals surface area contributed by atoms with Gasteiger partial charge >= 0.3 is 0 Å². The molecular formula is C13H25. The molecule has 0 aromatic heterocycles. The molecule has 1 unspecified atom stereocenters. The zero-order valence-corrected chi connectivity index (χ0v) is 9.23. The van der Waals surface area contributed by atoms with Gasteiger partial charge in [-0.15, -0.1) is 0 Å². The molecule has 1 fully saturated rings. The van der Waals surface area contributed by atoms with Crippen molar-refractivity contribution >= 4 is 0 Å². The van der Waals surface area contributed by atoms with E-state index in [1.54, 1.807) is 0 Å². The van der Waals surface area contributed by atoms with Crippen LogP contribution in [0.15, 0.2) is 0 Å². The van der Waals surface area contributed by atoms with Crippen molar-refractivity contribution in [2.24, 2.45) is 5.92 Å². The maximum absolute atomic E-state index is 2.51. The number of rotatable bonds is 0. The van der Waals surface area contributed by atoms with E-state index in [0.717, 1.165) is 5.92 Å². The highest BCUT2D eigenvalue weighted by molar-refractivity contribution is 4.67. The Bertz CT molecular complexity index is 94.6. The summed E-state index contributed by atoms with van der Waals surface area (Å²) in [5.74, 6) is 0.968. The lowest BCUT2D eigenvalue weighted by atomic mass is 9.94. The van der Waals surface area contributed by atoms with E-state index in [4.69, 9.17) is 0 Å². The first-order valence-electron chi connectivity index (χ1n) is 6.21. The third-order valence-electron chi connectivity index (χ3n) is 3.22. The van der Waals surface area contributed by atoms with Crippen molar-refractivity contribution in [2.45, 2.75) is 71.1 Å². The van der Waals surface area contributed by atoms with E-state index in [0.29, 0.717) is 0 Å². The summed E-state index contributed by atoms with van der Waals surface area (Å²) in [7, 11) is 0. The topological polar surface area (TPSA) is 0 Å². The molecule has 0 aromatic carbocycles. The van der Waals surface area contributed by atoms with E-state index in [2.05, 4.69) is 13.3 Å². The highest BCUT2D eigenvalue weighted by Crippen LogP contribution is 2.19. The lowest BCUT2D eigenvalue weighted by Crippen LogP contribution is -1.96. The average molecular weight is 181 g/mol. The highest BCUT2D eigenvalue weighted by Gasteiger charge is 2.03. The molecule has 1 rings (SSSR count). The molecule has 0 aromatic rings. The van der Waals surface area contributed by atoms with Crippen molar-refractivity contribution in [3.05, 3.63) is 6.42 Å². The van der Waals surface area contributed by atoms with Gasteiger partial charge in [-0.1, -0.05) is 64.7 Å². The monoisotopic (exact) mass is 181 g/mol. The normalized spacial score (nSPS) is 24.7. The van der Waals surface area contributed by atoms with Crippen molar-refractivity contribution in [3.63, 3.8) is 0 Å². The lowest BCUT2D eigenvalue weighted by Gasteiger charge is -2.12. The van der Waals surface area contributed by atoms with Crippen LogP contribution < -0.4 is 0 Å². The van der Waals surface area contributed by atoms with E-state index in [1.807, 2.05) is 0 Å². The van der Waals surface area contributed by atoms with E-state index >= 15 is 0 Å². The molecule has 1 radical (unpaired) electrons. The third-order valence-corrected chi connectivity index (χ3v) is 3.22. The Balaban J connectivity index is 2.11. The molecule has 0 N–H and O–H groups in total. The summed E-state index contributed by atoms with van der Waals surface area (Å²) in [5, 5.41) is 0. The van der Waals surface area contributed by atoms with Crippen LogP contribution in [0.5, 0.6) is 0 Å². The molecule has 0 aliphatic heterocycles. The molecular weight excluding hydrogens is 156 g/mol. The minimum Gasteiger partial charge on any atom is -0.0625 e. The SMILES string of the molecule is CC1CC[CH]CCCCCCCC1. The van der Waals surface area contributed by atoms with Crippen LogP contribution in [-0.2, 0) is 0 Å². The molecule has 0 heterocycles. The second kappa shape index (κ2) is 7.41. The molecule has 0 amide bonds. The summed E-state index contributed by atoms with van der Waals surface area (Å²) in [4.78, 5) is 0. The first-order chi connectivity index (χ1) is 6.39. The van der Waals surface area contributed by atoms with E-state index in [-0.39, 0.29) is 0 Å². The van der Waals surface area contributed by atoms with Gasteiger partial charge in [0.15, 0.2) is 0 Å². The van der Waals surface area contributed by atoms with Crippen molar-refractivity contribution in [2.75, 3.05) is 0 Å². The van der Waals surface area contributed by atoms with Crippen LogP contribution in [0.1, 0.15) is 71.1 Å². The first-order valence-corrected chi connectivity index (χ1v) is 6.21. The van der Waals surface area contributed by atoms with Crippen LogP contribution in [0.3, 0.4) is 0 Å². The van der Waals surface area contributed by atoms with Crippen LogP contribution in [0, 0.1) is 12.3 Å². The fourth-order valence-electron chi connectivity index (χ4n) is 2.18. The van der Waals surface area contributed by atoms with E-state index in [9.17, 15) is 0 Å². The zero-order valence-electron chi connectivity index (χ0n) is 9.23. The average Bonchev–Trinajstić information content (AvgIpc) is 2.11. The van der Waals surface area contributed by atoms with E-state index in [1.165, 1.54) is 64.2 Å². The van der Waals surface area contributed by atoms with Gasteiger partial charge in [0.05, 0.1) is 0 Å². The Morgan fingerprint density at radius 3 is 2.31 bits per heavy atom. The smallest absolute Gasteiger partial charge is 0.0386 e. The van der Waals surface area contributed by atoms with Crippen LogP contribution in [0.2, 0.25) is 0 Å². The molecule has 0 spiro atoms. The van der Waals surface area contributed by atoms with Crippen LogP contribution >= 0.6 is 0 Å². The Kier molecular flexibility index (Phi) is 6.31. The quantitative estimate of drug-likeness (QED) is 0.506. The summed E-state index contributed by atoms with van der Waals surface area (Å²) >= 11 is 0. The van der Waals surface area contributed by atoms with Gasteiger partial charge < -0.3 is 0 Å². The highest BCUT2D eigenvalue weighted by atomic mass is 14.1. The van der Waals surface area contributed by atoms with Gasteiger partial charge in [-0.05, 0) is 18.8 Å². The molecule has 1 aliphatic carbocycles. The van der Waals surface area contributed by atoms with Gasteiger partial charge in [0.25, 0.3) is 0 Å². The van der Waals surface area contributed by atoms with Gasteiger partial charge in [0, 0.05) is 0 Å². The van der Waals surface area contributed by atoms with Gasteiger partial charge in [-0.2, -0.15) is 0 Å². The predicted molar refractivity (Wildman–Crippen MR) is 59.6 cm³/mol. The minimum absolute atomic E-state index is 0.968. The summed E-state index contributed by atoms with van der Waals surface area (Å²) < 4.78 is 0. The van der Waals surface area contributed by atoms with Gasteiger partial charge in [0.1, 0.15) is 0 Å². The van der Waals surface area contributed by atoms with Crippen molar-refractivity contribution in [1.29, 1.82) is 0 Å². The first kappa shape index (κ1) is 11.1. The molecule has 1 atom stereocenters. The minimum atomic E-state index is 0.968. The predicted octanol–water partition coefficient (Wildman–Crippen LogP) is 4.74. The molecule has 0 nitrogen and oxygen atoms in total. The van der Waals surface area contributed by atoms with Crippen molar-refractivity contribution in [3.8, 4) is 0 Å². The molecule has 13 heavy (non-hydrogen) atoms. The molecule has 77 valence electrons. The van der Waals surface area contributed by atoms with Crippen LogP contribution in [0.4, 0.5) is 0 Å². The molecule has 1 saturated carbocycles.